The van der Waals surface area contributed by atoms with Crippen molar-refractivity contribution < 1.29 is 4.74 Å². The Morgan fingerprint density at radius 3 is 2.94 bits per heavy atom. The first kappa shape index (κ1) is 11.1. The summed E-state index contributed by atoms with van der Waals surface area (Å²) in [5, 5.41) is 0. The summed E-state index contributed by atoms with van der Waals surface area (Å²) in [5.41, 5.74) is 2.68. The molecule has 92 valence electrons. The standard InChI is InChI=1S/C15H21NO/c1-11-3-6-15-14(7-11)10-16(8-12(2)17-15)9-13-4-5-13/h3,6-7,12-13H,4-5,8-10H2,1-2H3/t12-/m0/s1. The Balaban J connectivity index is 1.82. The Hall–Kier alpha value is -1.02. The molecule has 0 saturated heterocycles. The van der Waals surface area contributed by atoms with E-state index in [4.69, 9.17) is 4.74 Å². The second-order valence-corrected chi connectivity index (χ2v) is 5.68. The average Bonchev–Trinajstić information content (AvgIpc) is 3.05. The molecule has 0 N–H and O–H groups in total. The van der Waals surface area contributed by atoms with Crippen LogP contribution < -0.4 is 4.74 Å². The van der Waals surface area contributed by atoms with E-state index in [1.807, 2.05) is 0 Å². The van der Waals surface area contributed by atoms with Gasteiger partial charge in [0.05, 0.1) is 0 Å². The highest BCUT2D eigenvalue weighted by Crippen LogP contribution is 2.32. The molecule has 1 fully saturated rings. The maximum Gasteiger partial charge on any atom is 0.124 e. The van der Waals surface area contributed by atoms with Crippen LogP contribution in [0.1, 0.15) is 30.9 Å². The smallest absolute Gasteiger partial charge is 0.124 e. The highest BCUT2D eigenvalue weighted by Gasteiger charge is 2.27. The lowest BCUT2D eigenvalue weighted by molar-refractivity contribution is 0.157. The van der Waals surface area contributed by atoms with Gasteiger partial charge in [-0.25, -0.2) is 0 Å². The third-order valence-corrected chi connectivity index (χ3v) is 3.67. The van der Waals surface area contributed by atoms with Gasteiger partial charge in [0.1, 0.15) is 11.9 Å². The van der Waals surface area contributed by atoms with Crippen molar-refractivity contribution in [3.05, 3.63) is 29.3 Å². The highest BCUT2D eigenvalue weighted by atomic mass is 16.5. The van der Waals surface area contributed by atoms with Crippen molar-refractivity contribution in [2.45, 2.75) is 39.3 Å². The fourth-order valence-corrected chi connectivity index (χ4v) is 2.67. The summed E-state index contributed by atoms with van der Waals surface area (Å²) in [6.45, 7) is 7.69. The van der Waals surface area contributed by atoms with Gasteiger partial charge in [0.15, 0.2) is 0 Å². The summed E-state index contributed by atoms with van der Waals surface area (Å²) in [6, 6.07) is 6.54. The molecule has 1 aliphatic carbocycles. The molecular formula is C15H21NO. The minimum Gasteiger partial charge on any atom is -0.489 e. The van der Waals surface area contributed by atoms with Crippen LogP contribution in [0.3, 0.4) is 0 Å². The lowest BCUT2D eigenvalue weighted by Gasteiger charge is -2.21. The van der Waals surface area contributed by atoms with E-state index in [2.05, 4.69) is 36.9 Å². The molecule has 1 aromatic rings. The van der Waals surface area contributed by atoms with Crippen molar-refractivity contribution >= 4 is 0 Å². The van der Waals surface area contributed by atoms with Crippen molar-refractivity contribution in [1.82, 2.24) is 4.90 Å². The summed E-state index contributed by atoms with van der Waals surface area (Å²) < 4.78 is 6.00. The van der Waals surface area contributed by atoms with E-state index < -0.39 is 0 Å². The number of fused-ring (bicyclic) bond motifs is 1. The lowest BCUT2D eigenvalue weighted by atomic mass is 10.1. The Bertz CT molecular complexity index is 411. The molecule has 0 amide bonds. The summed E-state index contributed by atoms with van der Waals surface area (Å²) in [4.78, 5) is 2.56. The van der Waals surface area contributed by atoms with E-state index in [1.165, 1.54) is 30.5 Å². The Morgan fingerprint density at radius 1 is 1.35 bits per heavy atom. The second-order valence-electron chi connectivity index (χ2n) is 5.68. The molecule has 0 unspecified atom stereocenters. The molecule has 0 radical (unpaired) electrons. The van der Waals surface area contributed by atoms with Crippen LogP contribution in [0.4, 0.5) is 0 Å². The first-order valence-electron chi connectivity index (χ1n) is 6.69. The average molecular weight is 231 g/mol. The third-order valence-electron chi connectivity index (χ3n) is 3.67. The molecule has 0 aromatic heterocycles. The Kier molecular flexibility index (Phi) is 2.83. The minimum atomic E-state index is 0.303. The molecular weight excluding hydrogens is 210 g/mol. The molecule has 0 bridgehead atoms. The zero-order chi connectivity index (χ0) is 11.8. The third kappa shape index (κ3) is 2.63. The molecule has 1 saturated carbocycles. The second kappa shape index (κ2) is 4.34. The number of hydrogen-bond donors (Lipinski definition) is 0. The van der Waals surface area contributed by atoms with E-state index in [9.17, 15) is 0 Å². The molecule has 3 rings (SSSR count). The number of aryl methyl sites for hydroxylation is 1. The minimum absolute atomic E-state index is 0.303. The van der Waals surface area contributed by atoms with Gasteiger partial charge in [-0.2, -0.15) is 0 Å². The fraction of sp³-hybridized carbons (Fsp3) is 0.600. The molecule has 2 heteroatoms. The van der Waals surface area contributed by atoms with Crippen LogP contribution in [0.25, 0.3) is 0 Å². The number of rotatable bonds is 2. The number of nitrogens with zero attached hydrogens (tertiary/aromatic N) is 1. The van der Waals surface area contributed by atoms with Gasteiger partial charge < -0.3 is 4.74 Å². The van der Waals surface area contributed by atoms with E-state index in [0.29, 0.717) is 6.10 Å². The maximum atomic E-state index is 6.00. The van der Waals surface area contributed by atoms with E-state index in [0.717, 1.165) is 24.8 Å². The van der Waals surface area contributed by atoms with E-state index >= 15 is 0 Å². The molecule has 0 spiro atoms. The molecule has 1 atom stereocenters. The number of ether oxygens (including phenoxy) is 1. The quantitative estimate of drug-likeness (QED) is 0.776. The number of hydrogen-bond acceptors (Lipinski definition) is 2. The van der Waals surface area contributed by atoms with Crippen LogP contribution in [0, 0.1) is 12.8 Å². The molecule has 2 nitrogen and oxygen atoms in total. The summed E-state index contributed by atoms with van der Waals surface area (Å²) >= 11 is 0. The number of benzene rings is 1. The Labute approximate surface area is 104 Å². The van der Waals surface area contributed by atoms with Crippen LogP contribution in [-0.4, -0.2) is 24.1 Å². The van der Waals surface area contributed by atoms with Crippen LogP contribution in [0.5, 0.6) is 5.75 Å². The topological polar surface area (TPSA) is 12.5 Å². The zero-order valence-corrected chi connectivity index (χ0v) is 10.8. The summed E-state index contributed by atoms with van der Waals surface area (Å²) in [6.07, 6.45) is 3.15. The van der Waals surface area contributed by atoms with Gasteiger partial charge in [0.25, 0.3) is 0 Å². The summed E-state index contributed by atoms with van der Waals surface area (Å²) in [5.74, 6) is 2.04. The molecule has 1 heterocycles. The van der Waals surface area contributed by atoms with Crippen LogP contribution in [-0.2, 0) is 6.54 Å². The molecule has 1 aromatic carbocycles. The Morgan fingerprint density at radius 2 is 2.18 bits per heavy atom. The van der Waals surface area contributed by atoms with Crippen LogP contribution in [0.2, 0.25) is 0 Å². The van der Waals surface area contributed by atoms with Crippen molar-refractivity contribution in [1.29, 1.82) is 0 Å². The maximum absolute atomic E-state index is 6.00. The zero-order valence-electron chi connectivity index (χ0n) is 10.8. The van der Waals surface area contributed by atoms with Gasteiger partial charge in [-0.3, -0.25) is 4.90 Å². The van der Waals surface area contributed by atoms with E-state index in [-0.39, 0.29) is 0 Å². The normalized spacial score (nSPS) is 24.9. The van der Waals surface area contributed by atoms with E-state index in [1.54, 1.807) is 0 Å². The van der Waals surface area contributed by atoms with Crippen LogP contribution in [0.15, 0.2) is 18.2 Å². The lowest BCUT2D eigenvalue weighted by Crippen LogP contribution is -2.32. The monoisotopic (exact) mass is 231 g/mol. The SMILES string of the molecule is Cc1ccc2c(c1)CN(CC1CC1)C[C@H](C)O2. The predicted octanol–water partition coefficient (Wildman–Crippen LogP) is 2.99. The first-order chi connectivity index (χ1) is 8.20. The van der Waals surface area contributed by atoms with Gasteiger partial charge in [0, 0.05) is 25.2 Å². The van der Waals surface area contributed by atoms with Crippen LogP contribution >= 0.6 is 0 Å². The first-order valence-corrected chi connectivity index (χ1v) is 6.69. The molecule has 2 aliphatic rings. The van der Waals surface area contributed by atoms with Gasteiger partial charge >= 0.3 is 0 Å². The van der Waals surface area contributed by atoms with Gasteiger partial charge in [-0.15, -0.1) is 0 Å². The van der Waals surface area contributed by atoms with Crippen molar-refractivity contribution in [3.8, 4) is 5.75 Å². The van der Waals surface area contributed by atoms with Gasteiger partial charge in [0.2, 0.25) is 0 Å². The largest absolute Gasteiger partial charge is 0.489 e. The predicted molar refractivity (Wildman–Crippen MR) is 69.3 cm³/mol. The molecule has 17 heavy (non-hydrogen) atoms. The molecule has 1 aliphatic heterocycles. The fourth-order valence-electron chi connectivity index (χ4n) is 2.67. The van der Waals surface area contributed by atoms with Crippen molar-refractivity contribution in [2.75, 3.05) is 13.1 Å². The van der Waals surface area contributed by atoms with Crippen molar-refractivity contribution in [2.24, 2.45) is 5.92 Å². The van der Waals surface area contributed by atoms with Gasteiger partial charge in [-0.05, 0) is 38.7 Å². The van der Waals surface area contributed by atoms with Crippen molar-refractivity contribution in [3.63, 3.8) is 0 Å². The highest BCUT2D eigenvalue weighted by molar-refractivity contribution is 5.37. The van der Waals surface area contributed by atoms with Gasteiger partial charge in [-0.1, -0.05) is 17.7 Å². The summed E-state index contributed by atoms with van der Waals surface area (Å²) in [7, 11) is 0.